The molecule has 3 aromatic carbocycles. The van der Waals surface area contributed by atoms with Gasteiger partial charge in [0.25, 0.3) is 0 Å². The van der Waals surface area contributed by atoms with Crippen LogP contribution in [0.4, 0.5) is 28.4 Å². The molecule has 0 aliphatic rings. The van der Waals surface area contributed by atoms with E-state index in [9.17, 15) is 4.79 Å². The average molecular weight is 416 g/mol. The van der Waals surface area contributed by atoms with Gasteiger partial charge in [-0.2, -0.15) is 0 Å². The second-order valence-corrected chi connectivity index (χ2v) is 7.68. The van der Waals surface area contributed by atoms with Crippen LogP contribution < -0.4 is 27.8 Å². The van der Waals surface area contributed by atoms with Gasteiger partial charge < -0.3 is 27.8 Å². The lowest BCUT2D eigenvalue weighted by molar-refractivity contribution is -0.111. The Morgan fingerprint density at radius 3 is 2.32 bits per heavy atom. The number of amides is 1. The Morgan fingerprint density at radius 2 is 1.65 bits per heavy atom. The Morgan fingerprint density at radius 1 is 0.935 bits per heavy atom. The van der Waals surface area contributed by atoms with Crippen molar-refractivity contribution in [3.8, 4) is 0 Å². The molecule has 0 aromatic heterocycles. The van der Waals surface area contributed by atoms with Crippen molar-refractivity contribution in [1.82, 2.24) is 0 Å². The van der Waals surface area contributed by atoms with Gasteiger partial charge >= 0.3 is 0 Å². The van der Waals surface area contributed by atoms with Gasteiger partial charge in [-0.05, 0) is 85.0 Å². The molecule has 0 spiro atoms. The Bertz CT molecular complexity index is 1130. The summed E-state index contributed by atoms with van der Waals surface area (Å²) in [4.78, 5) is 12.2. The second kappa shape index (κ2) is 9.26. The minimum atomic E-state index is -0.299. The zero-order valence-corrected chi connectivity index (χ0v) is 18.1. The molecule has 6 nitrogen and oxygen atoms in total. The molecule has 1 amide bonds. The lowest BCUT2D eigenvalue weighted by Gasteiger charge is -2.13. The molecular weight excluding hydrogens is 386 g/mol. The van der Waals surface area contributed by atoms with Crippen LogP contribution in [-0.4, -0.2) is 5.91 Å². The number of hydrogen-bond donors (Lipinski definition) is 5. The first kappa shape index (κ1) is 21.8. The van der Waals surface area contributed by atoms with Crippen molar-refractivity contribution in [1.29, 1.82) is 0 Å². The van der Waals surface area contributed by atoms with Crippen molar-refractivity contribution in [2.24, 2.45) is 0 Å². The van der Waals surface area contributed by atoms with Gasteiger partial charge in [-0.25, -0.2) is 0 Å². The molecule has 3 aromatic rings. The Hall–Kier alpha value is -3.93. The fraction of sp³-hybridized carbons (Fsp3) is 0.160. The van der Waals surface area contributed by atoms with Crippen molar-refractivity contribution in [3.63, 3.8) is 0 Å². The van der Waals surface area contributed by atoms with Gasteiger partial charge in [0.1, 0.15) is 0 Å². The molecule has 0 bridgehead atoms. The minimum Gasteiger partial charge on any atom is -0.398 e. The molecule has 0 atom stereocenters. The van der Waals surface area contributed by atoms with Crippen molar-refractivity contribution in [2.45, 2.75) is 27.3 Å². The molecule has 0 radical (unpaired) electrons. The lowest BCUT2D eigenvalue weighted by Crippen LogP contribution is -2.10. The van der Waals surface area contributed by atoms with Crippen LogP contribution in [0.5, 0.6) is 0 Å². The first-order chi connectivity index (χ1) is 14.7. The summed E-state index contributed by atoms with van der Waals surface area (Å²) in [5.74, 6) is -0.299. The zero-order chi connectivity index (χ0) is 22.5. The highest BCUT2D eigenvalue weighted by molar-refractivity contribution is 6.04. The molecule has 0 saturated carbocycles. The fourth-order valence-electron chi connectivity index (χ4n) is 3.25. The number of anilines is 5. The first-order valence-corrected chi connectivity index (χ1v) is 10.1. The Balaban J connectivity index is 1.63. The summed E-state index contributed by atoms with van der Waals surface area (Å²) in [5.41, 5.74) is 26.5. The van der Waals surface area contributed by atoms with E-state index in [0.29, 0.717) is 29.3 Å². The van der Waals surface area contributed by atoms with E-state index >= 15 is 0 Å². The van der Waals surface area contributed by atoms with Crippen LogP contribution >= 0.6 is 0 Å². The van der Waals surface area contributed by atoms with Crippen LogP contribution in [-0.2, 0) is 11.3 Å². The van der Waals surface area contributed by atoms with E-state index in [2.05, 4.69) is 43.5 Å². The number of carbonyl (C=O) groups excluding carboxylic acids is 1. The quantitative estimate of drug-likeness (QED) is 0.297. The standard InChI is InChI=1S/C25H29N5O/c1-15-11-20(12-16(2)17(15)3)29-14-19-9-7-18(13-22(19)27)8-10-24(31)30-23-6-4-5-21(26)25(23)28/h4-13,29H,14,26-28H2,1-3H3,(H,30,31)/b10-8+. The number of nitrogen functional groups attached to an aromatic ring is 3. The normalized spacial score (nSPS) is 10.9. The molecule has 0 heterocycles. The van der Waals surface area contributed by atoms with Gasteiger partial charge in [-0.15, -0.1) is 0 Å². The van der Waals surface area contributed by atoms with Gasteiger partial charge in [0.15, 0.2) is 0 Å². The highest BCUT2D eigenvalue weighted by Gasteiger charge is 2.06. The van der Waals surface area contributed by atoms with E-state index in [0.717, 1.165) is 16.8 Å². The maximum atomic E-state index is 12.2. The van der Waals surface area contributed by atoms with E-state index in [-0.39, 0.29) is 5.91 Å². The first-order valence-electron chi connectivity index (χ1n) is 10.1. The molecule has 0 unspecified atom stereocenters. The van der Waals surface area contributed by atoms with E-state index in [1.54, 1.807) is 24.3 Å². The molecular formula is C25H29N5O. The summed E-state index contributed by atoms with van der Waals surface area (Å²) < 4.78 is 0. The third kappa shape index (κ3) is 5.36. The molecule has 0 aliphatic carbocycles. The summed E-state index contributed by atoms with van der Waals surface area (Å²) in [6.07, 6.45) is 3.14. The van der Waals surface area contributed by atoms with E-state index in [1.807, 2.05) is 18.2 Å². The fourth-order valence-corrected chi connectivity index (χ4v) is 3.25. The number of nitrogens with two attached hydrogens (primary N) is 3. The summed E-state index contributed by atoms with van der Waals surface area (Å²) in [7, 11) is 0. The van der Waals surface area contributed by atoms with Crippen molar-refractivity contribution in [3.05, 3.63) is 82.4 Å². The highest BCUT2D eigenvalue weighted by Crippen LogP contribution is 2.25. The minimum absolute atomic E-state index is 0.299. The summed E-state index contributed by atoms with van der Waals surface area (Å²) in [5, 5.41) is 6.16. The molecule has 31 heavy (non-hydrogen) atoms. The Kier molecular flexibility index (Phi) is 6.50. The third-order valence-corrected chi connectivity index (χ3v) is 5.40. The largest absolute Gasteiger partial charge is 0.398 e. The predicted octanol–water partition coefficient (Wildman–Crippen LogP) is 4.62. The predicted molar refractivity (Wildman–Crippen MR) is 132 cm³/mol. The summed E-state index contributed by atoms with van der Waals surface area (Å²) in [6.45, 7) is 6.97. The molecule has 160 valence electrons. The van der Waals surface area contributed by atoms with Crippen molar-refractivity contribution < 1.29 is 4.79 Å². The number of carbonyl (C=O) groups is 1. The highest BCUT2D eigenvalue weighted by atomic mass is 16.1. The van der Waals surface area contributed by atoms with Crippen molar-refractivity contribution in [2.75, 3.05) is 27.8 Å². The summed E-state index contributed by atoms with van der Waals surface area (Å²) in [6, 6.07) is 15.1. The maximum Gasteiger partial charge on any atom is 0.248 e. The van der Waals surface area contributed by atoms with E-state index in [4.69, 9.17) is 17.2 Å². The molecule has 0 saturated heterocycles. The molecule has 6 heteroatoms. The molecule has 0 aliphatic heterocycles. The van der Waals surface area contributed by atoms with Crippen LogP contribution in [0.25, 0.3) is 6.08 Å². The number of para-hydroxylation sites is 1. The second-order valence-electron chi connectivity index (χ2n) is 7.68. The zero-order valence-electron chi connectivity index (χ0n) is 18.1. The number of hydrogen-bond acceptors (Lipinski definition) is 5. The van der Waals surface area contributed by atoms with Gasteiger partial charge in [0, 0.05) is 24.0 Å². The summed E-state index contributed by atoms with van der Waals surface area (Å²) >= 11 is 0. The van der Waals surface area contributed by atoms with Crippen LogP contribution in [0, 0.1) is 20.8 Å². The SMILES string of the molecule is Cc1cc(NCc2ccc(/C=C/C(=O)Nc3cccc(N)c3N)cc2N)cc(C)c1C. The number of nitrogens with one attached hydrogen (secondary N) is 2. The van der Waals surface area contributed by atoms with Gasteiger partial charge in [0.05, 0.1) is 17.1 Å². The van der Waals surface area contributed by atoms with E-state index < -0.39 is 0 Å². The Labute approximate surface area is 183 Å². The topological polar surface area (TPSA) is 119 Å². The molecule has 0 fully saturated rings. The number of benzene rings is 3. The number of rotatable bonds is 6. The molecule has 3 rings (SSSR count). The number of aryl methyl sites for hydroxylation is 2. The lowest BCUT2D eigenvalue weighted by atomic mass is 10.0. The van der Waals surface area contributed by atoms with Gasteiger partial charge in [-0.3, -0.25) is 4.79 Å². The smallest absolute Gasteiger partial charge is 0.248 e. The van der Waals surface area contributed by atoms with Crippen LogP contribution in [0.1, 0.15) is 27.8 Å². The van der Waals surface area contributed by atoms with Crippen LogP contribution in [0.2, 0.25) is 0 Å². The third-order valence-electron chi connectivity index (χ3n) is 5.40. The monoisotopic (exact) mass is 415 g/mol. The van der Waals surface area contributed by atoms with Gasteiger partial charge in [0.2, 0.25) is 5.91 Å². The van der Waals surface area contributed by atoms with Crippen LogP contribution in [0.3, 0.4) is 0 Å². The maximum absolute atomic E-state index is 12.2. The van der Waals surface area contributed by atoms with E-state index in [1.165, 1.54) is 22.8 Å². The van der Waals surface area contributed by atoms with Crippen LogP contribution in [0.15, 0.2) is 54.6 Å². The average Bonchev–Trinajstić information content (AvgIpc) is 2.73. The molecule has 8 N–H and O–H groups in total. The van der Waals surface area contributed by atoms with Crippen molar-refractivity contribution >= 4 is 40.4 Å². The van der Waals surface area contributed by atoms with Gasteiger partial charge in [-0.1, -0.05) is 18.2 Å².